The first kappa shape index (κ1) is 13.7. The zero-order valence-electron chi connectivity index (χ0n) is 12.2. The molecule has 4 fully saturated rings. The molecule has 2 aliphatic carbocycles. The maximum atomic E-state index is 13.8. The minimum Gasteiger partial charge on any atom is -0.354 e. The fourth-order valence-corrected chi connectivity index (χ4v) is 3.68. The molecule has 2 saturated carbocycles. The van der Waals surface area contributed by atoms with Crippen molar-refractivity contribution in [3.8, 4) is 0 Å². The summed E-state index contributed by atoms with van der Waals surface area (Å²) < 4.78 is 13.8. The second-order valence-corrected chi connectivity index (χ2v) is 6.73. The number of amides is 2. The molecule has 1 aromatic heterocycles. The molecule has 3 heterocycles. The maximum Gasteiger partial charge on any atom is 0.257 e. The highest BCUT2D eigenvalue weighted by Gasteiger charge is 2.62. The van der Waals surface area contributed by atoms with Crippen LogP contribution >= 0.6 is 0 Å². The van der Waals surface area contributed by atoms with Crippen LogP contribution < -0.4 is 5.32 Å². The van der Waals surface area contributed by atoms with Gasteiger partial charge in [-0.3, -0.25) is 14.6 Å². The van der Waals surface area contributed by atoms with Crippen LogP contribution in [-0.4, -0.2) is 40.3 Å². The van der Waals surface area contributed by atoms with Gasteiger partial charge in [0.2, 0.25) is 5.91 Å². The van der Waals surface area contributed by atoms with E-state index in [2.05, 4.69) is 10.3 Å². The standard InChI is InChI=1S/C16H18FN3O2/c17-13-8-18-4-3-12(13)14(21)20-9-11-5-16(20,6-11)15(22)19-7-10-1-2-10/h3-4,8,10-11H,1-2,5-7,9H2,(H,19,22). The molecule has 1 aromatic rings. The van der Waals surface area contributed by atoms with Crippen LogP contribution in [0.2, 0.25) is 0 Å². The lowest BCUT2D eigenvalue weighted by atomic mass is 9.72. The van der Waals surface area contributed by atoms with E-state index in [4.69, 9.17) is 0 Å². The Morgan fingerprint density at radius 3 is 2.86 bits per heavy atom. The lowest BCUT2D eigenvalue weighted by Gasteiger charge is -2.40. The third kappa shape index (κ3) is 2.01. The number of rotatable bonds is 4. The Kier molecular flexibility index (Phi) is 2.96. The van der Waals surface area contributed by atoms with E-state index in [1.807, 2.05) is 0 Å². The molecule has 0 atom stereocenters. The molecule has 2 aliphatic heterocycles. The quantitative estimate of drug-likeness (QED) is 0.913. The van der Waals surface area contributed by atoms with Crippen LogP contribution in [0.5, 0.6) is 0 Å². The van der Waals surface area contributed by atoms with Crippen molar-refractivity contribution in [2.75, 3.05) is 13.1 Å². The number of fused-ring (bicyclic) bond motifs is 1. The molecule has 5 nitrogen and oxygen atoms in total. The highest BCUT2D eigenvalue weighted by Crippen LogP contribution is 2.51. The van der Waals surface area contributed by atoms with Gasteiger partial charge in [0.1, 0.15) is 5.54 Å². The van der Waals surface area contributed by atoms with E-state index < -0.39 is 17.3 Å². The number of halogens is 1. The van der Waals surface area contributed by atoms with Gasteiger partial charge in [-0.15, -0.1) is 0 Å². The van der Waals surface area contributed by atoms with Crippen molar-refractivity contribution in [3.05, 3.63) is 29.8 Å². The summed E-state index contributed by atoms with van der Waals surface area (Å²) >= 11 is 0. The molecule has 4 aliphatic rings. The van der Waals surface area contributed by atoms with Crippen LogP contribution in [0.25, 0.3) is 0 Å². The molecule has 1 N–H and O–H groups in total. The molecular weight excluding hydrogens is 285 g/mol. The number of carbonyl (C=O) groups excluding carboxylic acids is 2. The van der Waals surface area contributed by atoms with Gasteiger partial charge < -0.3 is 10.2 Å². The Labute approximate surface area is 127 Å². The fourth-order valence-electron chi connectivity index (χ4n) is 3.68. The van der Waals surface area contributed by atoms with E-state index in [0.29, 0.717) is 37.8 Å². The van der Waals surface area contributed by atoms with Gasteiger partial charge in [-0.2, -0.15) is 0 Å². The summed E-state index contributed by atoms with van der Waals surface area (Å²) in [7, 11) is 0. The number of hydrogen-bond acceptors (Lipinski definition) is 3. The maximum absolute atomic E-state index is 13.8. The van der Waals surface area contributed by atoms with Crippen molar-refractivity contribution >= 4 is 11.8 Å². The van der Waals surface area contributed by atoms with Gasteiger partial charge in [-0.1, -0.05) is 0 Å². The molecule has 5 rings (SSSR count). The molecule has 22 heavy (non-hydrogen) atoms. The monoisotopic (exact) mass is 303 g/mol. The molecular formula is C16H18FN3O2. The van der Waals surface area contributed by atoms with Gasteiger partial charge in [0.05, 0.1) is 11.8 Å². The SMILES string of the molecule is O=C(c1ccncc1F)N1CC2CC1(C(=O)NCC1CC1)C2. The molecule has 0 unspecified atom stereocenters. The van der Waals surface area contributed by atoms with Crippen molar-refractivity contribution in [2.45, 2.75) is 31.2 Å². The average molecular weight is 303 g/mol. The Morgan fingerprint density at radius 2 is 2.18 bits per heavy atom. The summed E-state index contributed by atoms with van der Waals surface area (Å²) in [6, 6.07) is 1.38. The van der Waals surface area contributed by atoms with Crippen molar-refractivity contribution in [1.29, 1.82) is 0 Å². The highest BCUT2D eigenvalue weighted by molar-refractivity contribution is 6.00. The Hall–Kier alpha value is -1.98. The zero-order chi connectivity index (χ0) is 15.3. The van der Waals surface area contributed by atoms with Gasteiger partial charge in [-0.25, -0.2) is 4.39 Å². The molecule has 2 amide bonds. The second-order valence-electron chi connectivity index (χ2n) is 6.73. The number of hydrogen-bond donors (Lipinski definition) is 1. The number of nitrogens with zero attached hydrogens (tertiary/aromatic N) is 2. The predicted molar refractivity (Wildman–Crippen MR) is 76.4 cm³/mol. The van der Waals surface area contributed by atoms with Crippen molar-refractivity contribution in [3.63, 3.8) is 0 Å². The Balaban J connectivity index is 1.54. The number of pyridine rings is 1. The Bertz CT molecular complexity index is 638. The van der Waals surface area contributed by atoms with Crippen LogP contribution in [0.15, 0.2) is 18.5 Å². The van der Waals surface area contributed by atoms with E-state index in [-0.39, 0.29) is 11.5 Å². The molecule has 2 saturated heterocycles. The van der Waals surface area contributed by atoms with Gasteiger partial charge in [0.25, 0.3) is 5.91 Å². The summed E-state index contributed by atoms with van der Waals surface area (Å²) in [5, 5.41) is 2.98. The zero-order valence-corrected chi connectivity index (χ0v) is 12.2. The van der Waals surface area contributed by atoms with Gasteiger partial charge in [0.15, 0.2) is 5.82 Å². The molecule has 116 valence electrons. The summed E-state index contributed by atoms with van der Waals surface area (Å²) in [4.78, 5) is 30.4. The third-order valence-electron chi connectivity index (χ3n) is 5.13. The van der Waals surface area contributed by atoms with E-state index in [1.165, 1.54) is 25.1 Å². The smallest absolute Gasteiger partial charge is 0.257 e. The summed E-state index contributed by atoms with van der Waals surface area (Å²) in [6.07, 6.45) is 6.16. The number of carbonyl (C=O) groups is 2. The first-order valence-electron chi connectivity index (χ1n) is 7.80. The molecule has 2 bridgehead atoms. The van der Waals surface area contributed by atoms with Gasteiger partial charge in [-0.05, 0) is 43.6 Å². The van der Waals surface area contributed by atoms with E-state index in [0.717, 1.165) is 6.20 Å². The largest absolute Gasteiger partial charge is 0.354 e. The summed E-state index contributed by atoms with van der Waals surface area (Å²) in [6.45, 7) is 1.23. The van der Waals surface area contributed by atoms with Crippen LogP contribution in [0.1, 0.15) is 36.0 Å². The summed E-state index contributed by atoms with van der Waals surface area (Å²) in [5.41, 5.74) is -0.760. The van der Waals surface area contributed by atoms with Crippen molar-refractivity contribution in [1.82, 2.24) is 15.2 Å². The third-order valence-corrected chi connectivity index (χ3v) is 5.13. The van der Waals surface area contributed by atoms with Gasteiger partial charge in [0, 0.05) is 19.3 Å². The Morgan fingerprint density at radius 1 is 1.41 bits per heavy atom. The fraction of sp³-hybridized carbons (Fsp3) is 0.562. The molecule has 6 heteroatoms. The van der Waals surface area contributed by atoms with Crippen LogP contribution in [0.4, 0.5) is 4.39 Å². The summed E-state index contributed by atoms with van der Waals surface area (Å²) in [5.74, 6) is -0.150. The average Bonchev–Trinajstić information content (AvgIpc) is 3.12. The van der Waals surface area contributed by atoms with Crippen LogP contribution in [0.3, 0.4) is 0 Å². The number of aromatic nitrogens is 1. The van der Waals surface area contributed by atoms with Gasteiger partial charge >= 0.3 is 0 Å². The van der Waals surface area contributed by atoms with E-state index in [1.54, 1.807) is 4.90 Å². The topological polar surface area (TPSA) is 62.3 Å². The second kappa shape index (κ2) is 4.76. The van der Waals surface area contributed by atoms with Crippen molar-refractivity contribution < 1.29 is 14.0 Å². The van der Waals surface area contributed by atoms with Crippen molar-refractivity contribution in [2.24, 2.45) is 11.8 Å². The first-order valence-corrected chi connectivity index (χ1v) is 7.80. The lowest BCUT2D eigenvalue weighted by molar-refractivity contribution is -0.133. The van der Waals surface area contributed by atoms with Crippen LogP contribution in [0, 0.1) is 17.7 Å². The van der Waals surface area contributed by atoms with E-state index >= 15 is 0 Å². The first-order chi connectivity index (χ1) is 10.6. The predicted octanol–water partition coefficient (Wildman–Crippen LogP) is 1.35. The lowest BCUT2D eigenvalue weighted by Crippen LogP contribution is -2.59. The number of nitrogens with one attached hydrogen (secondary N) is 1. The normalized spacial score (nSPS) is 29.1. The minimum absolute atomic E-state index is 0.00285. The van der Waals surface area contributed by atoms with Crippen LogP contribution in [-0.2, 0) is 4.79 Å². The highest BCUT2D eigenvalue weighted by atomic mass is 19.1. The molecule has 0 aromatic carbocycles. The minimum atomic E-state index is -0.758. The molecule has 0 spiro atoms. The molecule has 0 radical (unpaired) electrons. The van der Waals surface area contributed by atoms with E-state index in [9.17, 15) is 14.0 Å².